The number of ether oxygens (including phenoxy) is 2. The molecule has 1 aliphatic heterocycles. The highest BCUT2D eigenvalue weighted by Gasteiger charge is 2.67. The molecule has 0 unspecified atom stereocenters. The Morgan fingerprint density at radius 3 is 2.68 bits per heavy atom. The molecular weight excluding hydrogens is 349 g/mol. The van der Waals surface area contributed by atoms with Gasteiger partial charge in [-0.15, -0.1) is 23.2 Å². The molecule has 1 amide bonds. The second-order valence-corrected chi connectivity index (χ2v) is 7.74. The minimum Gasteiger partial charge on any atom is -0.489 e. The second kappa shape index (κ2) is 5.66. The third-order valence-corrected chi connectivity index (χ3v) is 5.46. The van der Waals surface area contributed by atoms with Gasteiger partial charge in [-0.2, -0.15) is 0 Å². The van der Waals surface area contributed by atoms with Gasteiger partial charge in [-0.1, -0.05) is 11.6 Å². The smallest absolute Gasteiger partial charge is 0.229 e. The molecule has 1 aromatic rings. The number of carbonyl (C=O) groups excluding carboxylic acids is 1. The van der Waals surface area contributed by atoms with E-state index in [0.29, 0.717) is 42.7 Å². The number of amides is 1. The Balaban J connectivity index is 1.70. The molecule has 0 saturated heterocycles. The minimum absolute atomic E-state index is 0.166. The van der Waals surface area contributed by atoms with E-state index < -0.39 is 9.75 Å². The van der Waals surface area contributed by atoms with E-state index in [1.165, 1.54) is 0 Å². The molecule has 1 fully saturated rings. The number of rotatable bonds is 3. The fraction of sp³-hybridized carbons (Fsp3) is 0.533. The maximum Gasteiger partial charge on any atom is 0.229 e. The Labute approximate surface area is 144 Å². The number of hydrogen-bond acceptors (Lipinski definition) is 3. The summed E-state index contributed by atoms with van der Waals surface area (Å²) in [4.78, 5) is 12.2. The van der Waals surface area contributed by atoms with Crippen LogP contribution in [0.4, 0.5) is 0 Å². The summed E-state index contributed by atoms with van der Waals surface area (Å²) in [5, 5.41) is 3.32. The summed E-state index contributed by atoms with van der Waals surface area (Å²) in [7, 11) is 0. The lowest BCUT2D eigenvalue weighted by Crippen LogP contribution is -2.32. The van der Waals surface area contributed by atoms with Crippen LogP contribution >= 0.6 is 34.8 Å². The van der Waals surface area contributed by atoms with Gasteiger partial charge in [0, 0.05) is 13.0 Å². The predicted octanol–water partition coefficient (Wildman–Crippen LogP) is 3.70. The van der Waals surface area contributed by atoms with Crippen molar-refractivity contribution in [1.82, 2.24) is 5.32 Å². The molecule has 1 atom stereocenters. The highest BCUT2D eigenvalue weighted by Crippen LogP contribution is 2.63. The summed E-state index contributed by atoms with van der Waals surface area (Å²) in [5.41, 5.74) is 0.104. The van der Waals surface area contributed by atoms with Crippen molar-refractivity contribution in [1.29, 1.82) is 0 Å². The predicted molar refractivity (Wildman–Crippen MR) is 86.1 cm³/mol. The van der Waals surface area contributed by atoms with Crippen LogP contribution in [0.15, 0.2) is 12.1 Å². The van der Waals surface area contributed by atoms with Crippen molar-refractivity contribution < 1.29 is 14.3 Å². The van der Waals surface area contributed by atoms with Crippen molar-refractivity contribution in [2.24, 2.45) is 5.41 Å². The monoisotopic (exact) mass is 363 g/mol. The number of benzene rings is 1. The normalized spacial score (nSPS) is 25.3. The number of fused-ring (bicyclic) bond motifs is 1. The molecule has 0 radical (unpaired) electrons. The van der Waals surface area contributed by atoms with Crippen molar-refractivity contribution in [3.05, 3.63) is 22.7 Å². The van der Waals surface area contributed by atoms with E-state index >= 15 is 0 Å². The summed E-state index contributed by atoms with van der Waals surface area (Å²) in [6, 6.07) is 3.59. The van der Waals surface area contributed by atoms with Crippen LogP contribution in [0, 0.1) is 5.41 Å². The molecule has 1 heterocycles. The average molecular weight is 365 g/mol. The van der Waals surface area contributed by atoms with Crippen molar-refractivity contribution in [3.63, 3.8) is 0 Å². The number of halogens is 3. The number of nitrogens with one attached hydrogen (secondary N) is 1. The highest BCUT2D eigenvalue weighted by molar-refractivity contribution is 6.53. The molecule has 4 nitrogen and oxygen atoms in total. The standard InChI is InChI=1S/C15H16Cl3NO3/c1-14(8-15(14,17)18)13(20)19-7-9-5-10(16)12-11(6-9)21-3-2-4-22-12/h5-6H,2-4,7-8H2,1H3,(H,19,20)/t14-/m1/s1. The first-order valence-corrected chi connectivity index (χ1v) is 8.21. The fourth-order valence-electron chi connectivity index (χ4n) is 2.41. The molecule has 0 bridgehead atoms. The van der Waals surface area contributed by atoms with Gasteiger partial charge < -0.3 is 14.8 Å². The van der Waals surface area contributed by atoms with Crippen LogP contribution in [0.2, 0.25) is 5.02 Å². The lowest BCUT2D eigenvalue weighted by molar-refractivity contribution is -0.125. The molecule has 0 aromatic heterocycles. The molecule has 7 heteroatoms. The van der Waals surface area contributed by atoms with E-state index in [2.05, 4.69) is 5.32 Å². The summed E-state index contributed by atoms with van der Waals surface area (Å²) in [6.45, 7) is 3.24. The van der Waals surface area contributed by atoms with E-state index in [0.717, 1.165) is 12.0 Å². The van der Waals surface area contributed by atoms with E-state index in [1.807, 2.05) is 6.07 Å². The molecule has 1 aromatic carbocycles. The Hall–Kier alpha value is -0.840. The first-order valence-electron chi connectivity index (χ1n) is 7.08. The summed E-state index contributed by atoms with van der Waals surface area (Å²) < 4.78 is 10.2. The van der Waals surface area contributed by atoms with Gasteiger partial charge in [0.2, 0.25) is 5.91 Å². The lowest BCUT2D eigenvalue weighted by atomic mass is 10.1. The Morgan fingerprint density at radius 2 is 2.00 bits per heavy atom. The zero-order chi connectivity index (χ0) is 16.0. The SMILES string of the molecule is C[C@]1(C(=O)NCc2cc(Cl)c3c(c2)OCCCO3)CC1(Cl)Cl. The van der Waals surface area contributed by atoms with Crippen molar-refractivity contribution in [2.45, 2.75) is 30.6 Å². The van der Waals surface area contributed by atoms with E-state index in [-0.39, 0.29) is 5.91 Å². The van der Waals surface area contributed by atoms with Gasteiger partial charge in [-0.05, 0) is 31.0 Å². The van der Waals surface area contributed by atoms with Crippen molar-refractivity contribution in [3.8, 4) is 11.5 Å². The Kier molecular flexibility index (Phi) is 4.12. The second-order valence-electron chi connectivity index (χ2n) is 5.85. The topological polar surface area (TPSA) is 47.6 Å². The quantitative estimate of drug-likeness (QED) is 0.832. The van der Waals surface area contributed by atoms with Crippen LogP contribution in [0.3, 0.4) is 0 Å². The summed E-state index contributed by atoms with van der Waals surface area (Å²) in [5.74, 6) is 1.00. The van der Waals surface area contributed by atoms with Crippen LogP contribution < -0.4 is 14.8 Å². The highest BCUT2D eigenvalue weighted by atomic mass is 35.5. The van der Waals surface area contributed by atoms with Crippen LogP contribution in [-0.2, 0) is 11.3 Å². The van der Waals surface area contributed by atoms with Crippen LogP contribution in [0.1, 0.15) is 25.3 Å². The van der Waals surface area contributed by atoms with Crippen molar-refractivity contribution >= 4 is 40.7 Å². The minimum atomic E-state index is -0.973. The fourth-order valence-corrected chi connectivity index (χ4v) is 3.40. The van der Waals surface area contributed by atoms with Gasteiger partial charge in [-0.3, -0.25) is 4.79 Å². The lowest BCUT2D eigenvalue weighted by Gasteiger charge is -2.14. The maximum absolute atomic E-state index is 12.2. The molecule has 0 spiro atoms. The third-order valence-electron chi connectivity index (χ3n) is 4.07. The first kappa shape index (κ1) is 16.0. The maximum atomic E-state index is 12.2. The zero-order valence-electron chi connectivity index (χ0n) is 12.0. The Bertz CT molecular complexity index is 620. The van der Waals surface area contributed by atoms with Gasteiger partial charge in [0.15, 0.2) is 11.5 Å². The van der Waals surface area contributed by atoms with E-state index in [4.69, 9.17) is 44.3 Å². The summed E-state index contributed by atoms with van der Waals surface area (Å²) in [6.07, 6.45) is 1.26. The average Bonchev–Trinajstić information content (AvgIpc) is 3.07. The van der Waals surface area contributed by atoms with Crippen LogP contribution in [0.25, 0.3) is 0 Å². The van der Waals surface area contributed by atoms with Crippen molar-refractivity contribution in [2.75, 3.05) is 13.2 Å². The molecule has 3 rings (SSSR count). The molecule has 1 saturated carbocycles. The van der Waals surface area contributed by atoms with Gasteiger partial charge >= 0.3 is 0 Å². The molecule has 1 aliphatic carbocycles. The van der Waals surface area contributed by atoms with E-state index in [1.54, 1.807) is 13.0 Å². The molecular formula is C15H16Cl3NO3. The van der Waals surface area contributed by atoms with Crippen LogP contribution in [-0.4, -0.2) is 23.5 Å². The number of hydrogen-bond donors (Lipinski definition) is 1. The molecule has 2 aliphatic rings. The summed E-state index contributed by atoms with van der Waals surface area (Å²) >= 11 is 18.2. The third kappa shape index (κ3) is 2.84. The molecule has 1 N–H and O–H groups in total. The van der Waals surface area contributed by atoms with Gasteiger partial charge in [0.05, 0.1) is 23.7 Å². The van der Waals surface area contributed by atoms with Gasteiger partial charge in [-0.25, -0.2) is 0 Å². The Morgan fingerprint density at radius 1 is 1.32 bits per heavy atom. The largest absolute Gasteiger partial charge is 0.489 e. The molecule has 22 heavy (non-hydrogen) atoms. The number of alkyl halides is 2. The first-order chi connectivity index (χ1) is 10.3. The van der Waals surface area contributed by atoms with E-state index in [9.17, 15) is 4.79 Å². The molecule has 120 valence electrons. The zero-order valence-corrected chi connectivity index (χ0v) is 14.3. The number of carbonyl (C=O) groups is 1. The van der Waals surface area contributed by atoms with Crippen LogP contribution in [0.5, 0.6) is 11.5 Å². The van der Waals surface area contributed by atoms with Gasteiger partial charge in [0.25, 0.3) is 0 Å². The van der Waals surface area contributed by atoms with Gasteiger partial charge in [0.1, 0.15) is 4.33 Å².